The zero-order valence-electron chi connectivity index (χ0n) is 19.8. The van der Waals surface area contributed by atoms with E-state index in [-0.39, 0.29) is 18.0 Å². The Kier molecular flexibility index (Phi) is 6.37. The lowest BCUT2D eigenvalue weighted by Gasteiger charge is -2.12. The van der Waals surface area contributed by atoms with Crippen molar-refractivity contribution in [3.05, 3.63) is 131 Å². The van der Waals surface area contributed by atoms with Gasteiger partial charge in [0.2, 0.25) is 5.78 Å². The first-order chi connectivity index (χ1) is 17.6. The summed E-state index contributed by atoms with van der Waals surface area (Å²) in [6.07, 6.45) is 2.12. The molecular formula is C31H25NO4. The number of carboxylic acids is 1. The Hall–Kier alpha value is -4.64. The van der Waals surface area contributed by atoms with Gasteiger partial charge in [-0.3, -0.25) is 4.79 Å². The van der Waals surface area contributed by atoms with E-state index in [1.165, 1.54) is 0 Å². The molecule has 0 atom stereocenters. The number of ketones is 1. The standard InChI is InChI=1S/C31H25NO4/c1-2-23-27(31(34)35)29-26(36-20-21-12-5-3-6-13-21)18-11-19-32(29)28(23)30(33)25-17-10-9-16-24(25)22-14-7-4-8-15-22/h3-19H,2,20H2,1H3,(H,34,35). The third-order valence-electron chi connectivity index (χ3n) is 6.30. The maximum atomic E-state index is 14.1. The van der Waals surface area contributed by atoms with E-state index in [1.807, 2.05) is 85.8 Å². The molecule has 0 aliphatic rings. The van der Waals surface area contributed by atoms with Crippen LogP contribution in [-0.4, -0.2) is 21.3 Å². The van der Waals surface area contributed by atoms with Gasteiger partial charge in [-0.15, -0.1) is 0 Å². The molecule has 0 unspecified atom stereocenters. The zero-order valence-corrected chi connectivity index (χ0v) is 19.8. The van der Waals surface area contributed by atoms with Crippen LogP contribution in [0.15, 0.2) is 103 Å². The van der Waals surface area contributed by atoms with Crippen LogP contribution in [-0.2, 0) is 13.0 Å². The van der Waals surface area contributed by atoms with Crippen LogP contribution in [0.1, 0.15) is 44.5 Å². The number of hydrogen-bond donors (Lipinski definition) is 1. The van der Waals surface area contributed by atoms with Crippen LogP contribution < -0.4 is 4.74 Å². The van der Waals surface area contributed by atoms with Crippen molar-refractivity contribution in [2.24, 2.45) is 0 Å². The van der Waals surface area contributed by atoms with Gasteiger partial charge in [-0.2, -0.15) is 0 Å². The second-order valence-corrected chi connectivity index (χ2v) is 8.47. The number of pyridine rings is 1. The highest BCUT2D eigenvalue weighted by Crippen LogP contribution is 2.35. The van der Waals surface area contributed by atoms with E-state index in [0.29, 0.717) is 34.5 Å². The second kappa shape index (κ2) is 9.92. The summed E-state index contributed by atoms with van der Waals surface area (Å²) in [4.78, 5) is 26.6. The van der Waals surface area contributed by atoms with Gasteiger partial charge in [-0.1, -0.05) is 91.9 Å². The molecular weight excluding hydrogens is 450 g/mol. The topological polar surface area (TPSA) is 68.0 Å². The molecule has 0 spiro atoms. The first-order valence-corrected chi connectivity index (χ1v) is 11.8. The lowest BCUT2D eigenvalue weighted by molar-refractivity contribution is 0.0697. The monoisotopic (exact) mass is 475 g/mol. The molecule has 0 bridgehead atoms. The maximum Gasteiger partial charge on any atom is 0.338 e. The Morgan fingerprint density at radius 1 is 0.833 bits per heavy atom. The normalized spacial score (nSPS) is 10.9. The average Bonchev–Trinajstić information content (AvgIpc) is 3.28. The van der Waals surface area contributed by atoms with Gasteiger partial charge in [0.05, 0.1) is 11.3 Å². The molecule has 2 heterocycles. The van der Waals surface area contributed by atoms with Crippen molar-refractivity contribution >= 4 is 17.3 Å². The zero-order chi connectivity index (χ0) is 25.1. The fraction of sp³-hybridized carbons (Fsp3) is 0.0968. The van der Waals surface area contributed by atoms with Gasteiger partial charge < -0.3 is 14.2 Å². The smallest absolute Gasteiger partial charge is 0.338 e. The molecule has 36 heavy (non-hydrogen) atoms. The number of fused-ring (bicyclic) bond motifs is 1. The van der Waals surface area contributed by atoms with Crippen molar-refractivity contribution in [2.75, 3.05) is 0 Å². The molecule has 178 valence electrons. The lowest BCUT2D eigenvalue weighted by Crippen LogP contribution is -2.10. The van der Waals surface area contributed by atoms with Crippen molar-refractivity contribution in [1.29, 1.82) is 0 Å². The summed E-state index contributed by atoms with van der Waals surface area (Å²) in [6, 6.07) is 30.3. The SMILES string of the molecule is CCc1c(C(=O)O)c2c(OCc3ccccc3)cccn2c1C(=O)c1ccccc1-c1ccccc1. The van der Waals surface area contributed by atoms with Gasteiger partial charge in [0, 0.05) is 11.8 Å². The molecule has 5 heteroatoms. The summed E-state index contributed by atoms with van der Waals surface area (Å²) in [5.41, 5.74) is 4.53. The first-order valence-electron chi connectivity index (χ1n) is 11.8. The molecule has 0 amide bonds. The number of carboxylic acid groups (broad SMARTS) is 1. The fourth-order valence-electron chi connectivity index (χ4n) is 4.68. The quantitative estimate of drug-likeness (QED) is 0.254. The molecule has 0 radical (unpaired) electrons. The summed E-state index contributed by atoms with van der Waals surface area (Å²) in [5.74, 6) is -0.895. The molecule has 0 fully saturated rings. The molecule has 5 nitrogen and oxygen atoms in total. The van der Waals surface area contributed by atoms with Gasteiger partial charge in [0.15, 0.2) is 0 Å². The Morgan fingerprint density at radius 2 is 1.50 bits per heavy atom. The van der Waals surface area contributed by atoms with Crippen LogP contribution in [0.4, 0.5) is 0 Å². The molecule has 0 aliphatic heterocycles. The van der Waals surface area contributed by atoms with Gasteiger partial charge in [-0.05, 0) is 40.8 Å². The van der Waals surface area contributed by atoms with Crippen LogP contribution in [0.25, 0.3) is 16.6 Å². The molecule has 2 aromatic heterocycles. The molecule has 5 rings (SSSR count). The molecule has 5 aromatic rings. The van der Waals surface area contributed by atoms with E-state index in [1.54, 1.807) is 28.8 Å². The van der Waals surface area contributed by atoms with E-state index in [2.05, 4.69) is 0 Å². The van der Waals surface area contributed by atoms with Crippen molar-refractivity contribution < 1.29 is 19.4 Å². The third kappa shape index (κ3) is 4.16. The Morgan fingerprint density at radius 3 is 2.19 bits per heavy atom. The summed E-state index contributed by atoms with van der Waals surface area (Å²) in [7, 11) is 0. The number of hydrogen-bond acceptors (Lipinski definition) is 3. The largest absolute Gasteiger partial charge is 0.487 e. The molecule has 3 aromatic carbocycles. The van der Waals surface area contributed by atoms with E-state index in [9.17, 15) is 14.7 Å². The minimum Gasteiger partial charge on any atom is -0.487 e. The highest BCUT2D eigenvalue weighted by Gasteiger charge is 2.29. The highest BCUT2D eigenvalue weighted by molar-refractivity contribution is 6.16. The number of carbonyl (C=O) groups excluding carboxylic acids is 1. The minimum absolute atomic E-state index is 0.0988. The average molecular weight is 476 g/mol. The summed E-state index contributed by atoms with van der Waals surface area (Å²) in [5, 5.41) is 10.2. The van der Waals surface area contributed by atoms with Crippen LogP contribution in [0.5, 0.6) is 5.75 Å². The van der Waals surface area contributed by atoms with Crippen molar-refractivity contribution in [3.8, 4) is 16.9 Å². The van der Waals surface area contributed by atoms with Crippen molar-refractivity contribution in [2.45, 2.75) is 20.0 Å². The number of rotatable bonds is 8. The number of carbonyl (C=O) groups is 2. The summed E-state index contributed by atoms with van der Waals surface area (Å²) in [6.45, 7) is 2.15. The van der Waals surface area contributed by atoms with E-state index in [0.717, 1.165) is 16.7 Å². The van der Waals surface area contributed by atoms with E-state index in [4.69, 9.17) is 4.74 Å². The van der Waals surface area contributed by atoms with Gasteiger partial charge in [0.1, 0.15) is 17.9 Å². The number of ether oxygens (including phenoxy) is 1. The Bertz CT molecular complexity index is 1550. The summed E-state index contributed by atoms with van der Waals surface area (Å²) >= 11 is 0. The molecule has 0 aliphatic carbocycles. The second-order valence-electron chi connectivity index (χ2n) is 8.47. The van der Waals surface area contributed by atoms with Gasteiger partial charge >= 0.3 is 5.97 Å². The molecule has 1 N–H and O–H groups in total. The summed E-state index contributed by atoms with van der Waals surface area (Å²) < 4.78 is 7.77. The van der Waals surface area contributed by atoms with E-state index >= 15 is 0 Å². The van der Waals surface area contributed by atoms with Crippen LogP contribution in [0.3, 0.4) is 0 Å². The van der Waals surface area contributed by atoms with Crippen molar-refractivity contribution in [1.82, 2.24) is 4.40 Å². The van der Waals surface area contributed by atoms with Gasteiger partial charge in [-0.25, -0.2) is 4.79 Å². The predicted octanol–water partition coefficient (Wildman–Crippen LogP) is 6.68. The number of aromatic nitrogens is 1. The third-order valence-corrected chi connectivity index (χ3v) is 6.30. The molecule has 0 saturated heterocycles. The van der Waals surface area contributed by atoms with Crippen LogP contribution >= 0.6 is 0 Å². The number of nitrogens with zero attached hydrogens (tertiary/aromatic N) is 1. The minimum atomic E-state index is -1.09. The molecule has 0 saturated carbocycles. The number of aromatic carboxylic acids is 1. The maximum absolute atomic E-state index is 14.1. The highest BCUT2D eigenvalue weighted by atomic mass is 16.5. The first kappa shape index (κ1) is 23.1. The van der Waals surface area contributed by atoms with Crippen LogP contribution in [0, 0.1) is 0 Å². The Balaban J connectivity index is 1.68. The van der Waals surface area contributed by atoms with E-state index < -0.39 is 5.97 Å². The fourth-order valence-corrected chi connectivity index (χ4v) is 4.68. The predicted molar refractivity (Wildman–Crippen MR) is 140 cm³/mol. The van der Waals surface area contributed by atoms with Crippen molar-refractivity contribution in [3.63, 3.8) is 0 Å². The lowest BCUT2D eigenvalue weighted by atomic mass is 9.94. The van der Waals surface area contributed by atoms with Crippen LogP contribution in [0.2, 0.25) is 0 Å². The van der Waals surface area contributed by atoms with Gasteiger partial charge in [0.25, 0.3) is 0 Å². The number of benzene rings is 3. The Labute approximate surface area is 209 Å².